The number of hydrogen-bond acceptors (Lipinski definition) is 3. The summed E-state index contributed by atoms with van der Waals surface area (Å²) in [5.74, 6) is 0.105. The monoisotopic (exact) mass is 316 g/mol. The van der Waals surface area contributed by atoms with Crippen molar-refractivity contribution in [2.45, 2.75) is 19.5 Å². The van der Waals surface area contributed by atoms with Crippen LogP contribution in [0.2, 0.25) is 10.0 Å². The Morgan fingerprint density at radius 3 is 2.70 bits per heavy atom. The quantitative estimate of drug-likeness (QED) is 0.927. The summed E-state index contributed by atoms with van der Waals surface area (Å²) in [6.07, 6.45) is 0. The molecule has 1 atom stereocenters. The van der Waals surface area contributed by atoms with Crippen LogP contribution in [0.4, 0.5) is 0 Å². The summed E-state index contributed by atoms with van der Waals surface area (Å²) in [6.45, 7) is 5.01. The number of ether oxygens (including phenoxy) is 1. The minimum atomic E-state index is -0.234. The Labute approximate surface area is 129 Å². The average Bonchev–Trinajstić information content (AvgIpc) is 2.48. The summed E-state index contributed by atoms with van der Waals surface area (Å²) < 4.78 is 5.24. The zero-order valence-corrected chi connectivity index (χ0v) is 12.9. The van der Waals surface area contributed by atoms with Gasteiger partial charge in [-0.2, -0.15) is 0 Å². The van der Waals surface area contributed by atoms with Gasteiger partial charge in [-0.05, 0) is 24.6 Å². The van der Waals surface area contributed by atoms with E-state index < -0.39 is 0 Å². The molecule has 2 rings (SSSR count). The summed E-state index contributed by atoms with van der Waals surface area (Å²) in [5.41, 5.74) is 1.00. The van der Waals surface area contributed by atoms with E-state index in [0.717, 1.165) is 5.56 Å². The number of carbonyl (C=O) groups is 1. The second kappa shape index (κ2) is 7.27. The average molecular weight is 317 g/mol. The number of amides is 1. The first-order valence-corrected chi connectivity index (χ1v) is 7.37. The number of nitrogens with one attached hydrogen (secondary N) is 1. The van der Waals surface area contributed by atoms with Gasteiger partial charge in [-0.3, -0.25) is 4.79 Å². The lowest BCUT2D eigenvalue weighted by Crippen LogP contribution is -2.49. The molecule has 6 heteroatoms. The second-order valence-electron chi connectivity index (χ2n) is 4.79. The fourth-order valence-electron chi connectivity index (χ4n) is 2.07. The lowest BCUT2D eigenvalue weighted by Gasteiger charge is -2.29. The molecular weight excluding hydrogens is 299 g/mol. The van der Waals surface area contributed by atoms with Gasteiger partial charge in [-0.1, -0.05) is 29.3 Å². The molecule has 20 heavy (non-hydrogen) atoms. The van der Waals surface area contributed by atoms with Crippen molar-refractivity contribution in [3.63, 3.8) is 0 Å². The van der Waals surface area contributed by atoms with E-state index in [0.29, 0.717) is 42.9 Å². The van der Waals surface area contributed by atoms with Crippen molar-refractivity contribution in [1.82, 2.24) is 10.2 Å². The SMILES string of the molecule is CC(NCc1ccc(Cl)c(Cl)c1)C(=O)N1CCOCC1. The molecule has 0 saturated carbocycles. The Morgan fingerprint density at radius 2 is 2.05 bits per heavy atom. The van der Waals surface area contributed by atoms with Gasteiger partial charge in [0.2, 0.25) is 5.91 Å². The Morgan fingerprint density at radius 1 is 1.35 bits per heavy atom. The Balaban J connectivity index is 1.85. The van der Waals surface area contributed by atoms with Gasteiger partial charge >= 0.3 is 0 Å². The van der Waals surface area contributed by atoms with Gasteiger partial charge in [-0.25, -0.2) is 0 Å². The van der Waals surface area contributed by atoms with E-state index in [2.05, 4.69) is 5.32 Å². The molecular formula is C14H18Cl2N2O2. The lowest BCUT2D eigenvalue weighted by atomic mass is 10.2. The van der Waals surface area contributed by atoms with Crippen LogP contribution in [0.15, 0.2) is 18.2 Å². The van der Waals surface area contributed by atoms with Crippen LogP contribution in [0.5, 0.6) is 0 Å². The first-order chi connectivity index (χ1) is 9.58. The van der Waals surface area contributed by atoms with Crippen molar-refractivity contribution < 1.29 is 9.53 Å². The summed E-state index contributed by atoms with van der Waals surface area (Å²) >= 11 is 11.8. The lowest BCUT2D eigenvalue weighted by molar-refractivity contribution is -0.137. The Bertz CT molecular complexity index is 476. The van der Waals surface area contributed by atoms with Crippen molar-refractivity contribution in [3.05, 3.63) is 33.8 Å². The smallest absolute Gasteiger partial charge is 0.239 e. The van der Waals surface area contributed by atoms with E-state index >= 15 is 0 Å². The Hall–Kier alpha value is -0.810. The molecule has 1 aliphatic heterocycles. The van der Waals surface area contributed by atoms with Crippen molar-refractivity contribution in [1.29, 1.82) is 0 Å². The van der Waals surface area contributed by atoms with Crippen molar-refractivity contribution in [2.75, 3.05) is 26.3 Å². The molecule has 1 N–H and O–H groups in total. The minimum absolute atomic E-state index is 0.105. The van der Waals surface area contributed by atoms with Crippen LogP contribution in [0.1, 0.15) is 12.5 Å². The van der Waals surface area contributed by atoms with Crippen LogP contribution in [0, 0.1) is 0 Å². The first kappa shape index (κ1) is 15.6. The molecule has 0 radical (unpaired) electrons. The largest absolute Gasteiger partial charge is 0.378 e. The maximum atomic E-state index is 12.2. The molecule has 0 aromatic heterocycles. The Kier molecular flexibility index (Phi) is 5.66. The molecule has 0 bridgehead atoms. The predicted octanol–water partition coefficient (Wildman–Crippen LogP) is 2.33. The first-order valence-electron chi connectivity index (χ1n) is 6.62. The maximum Gasteiger partial charge on any atom is 0.239 e. The van der Waals surface area contributed by atoms with Gasteiger partial charge in [-0.15, -0.1) is 0 Å². The molecule has 0 aliphatic carbocycles. The zero-order valence-electron chi connectivity index (χ0n) is 11.4. The third-order valence-electron chi connectivity index (χ3n) is 3.29. The van der Waals surface area contributed by atoms with E-state index in [1.807, 2.05) is 24.0 Å². The highest BCUT2D eigenvalue weighted by Gasteiger charge is 2.21. The van der Waals surface area contributed by atoms with Crippen LogP contribution in [0.3, 0.4) is 0 Å². The third kappa shape index (κ3) is 4.09. The summed E-state index contributed by atoms with van der Waals surface area (Å²) in [4.78, 5) is 14.0. The fraction of sp³-hybridized carbons (Fsp3) is 0.500. The molecule has 1 heterocycles. The van der Waals surface area contributed by atoms with Crippen molar-refractivity contribution in [3.8, 4) is 0 Å². The van der Waals surface area contributed by atoms with E-state index in [1.165, 1.54) is 0 Å². The highest BCUT2D eigenvalue weighted by Crippen LogP contribution is 2.22. The van der Waals surface area contributed by atoms with Crippen LogP contribution in [-0.4, -0.2) is 43.2 Å². The standard InChI is InChI=1S/C14H18Cl2N2O2/c1-10(14(19)18-4-6-20-7-5-18)17-9-11-2-3-12(15)13(16)8-11/h2-3,8,10,17H,4-7,9H2,1H3. The number of nitrogens with zero attached hydrogens (tertiary/aromatic N) is 1. The van der Waals surface area contributed by atoms with E-state index in [-0.39, 0.29) is 11.9 Å². The number of rotatable bonds is 4. The van der Waals surface area contributed by atoms with Crippen molar-refractivity contribution in [2.24, 2.45) is 0 Å². The molecule has 1 saturated heterocycles. The van der Waals surface area contributed by atoms with Gasteiger partial charge in [0.05, 0.1) is 29.3 Å². The highest BCUT2D eigenvalue weighted by atomic mass is 35.5. The molecule has 1 aromatic carbocycles. The van der Waals surface area contributed by atoms with Crippen molar-refractivity contribution >= 4 is 29.1 Å². The molecule has 4 nitrogen and oxygen atoms in total. The molecule has 1 aliphatic rings. The topological polar surface area (TPSA) is 41.6 Å². The van der Waals surface area contributed by atoms with Crippen LogP contribution >= 0.6 is 23.2 Å². The van der Waals surface area contributed by atoms with Crippen LogP contribution in [0.25, 0.3) is 0 Å². The minimum Gasteiger partial charge on any atom is -0.378 e. The summed E-state index contributed by atoms with van der Waals surface area (Å²) in [5, 5.41) is 4.27. The number of carbonyl (C=O) groups excluding carboxylic acids is 1. The van der Waals surface area contributed by atoms with Gasteiger partial charge in [0.15, 0.2) is 0 Å². The number of halogens is 2. The molecule has 1 unspecified atom stereocenters. The fourth-order valence-corrected chi connectivity index (χ4v) is 2.39. The van der Waals surface area contributed by atoms with E-state index in [9.17, 15) is 4.79 Å². The van der Waals surface area contributed by atoms with Gasteiger partial charge < -0.3 is 15.0 Å². The van der Waals surface area contributed by atoms with Gasteiger partial charge in [0, 0.05) is 19.6 Å². The van der Waals surface area contributed by atoms with E-state index in [1.54, 1.807) is 6.07 Å². The van der Waals surface area contributed by atoms with Crippen LogP contribution in [-0.2, 0) is 16.1 Å². The summed E-state index contributed by atoms with van der Waals surface area (Å²) in [6, 6.07) is 5.23. The van der Waals surface area contributed by atoms with Crippen LogP contribution < -0.4 is 5.32 Å². The molecule has 110 valence electrons. The second-order valence-corrected chi connectivity index (χ2v) is 5.60. The highest BCUT2D eigenvalue weighted by molar-refractivity contribution is 6.42. The molecule has 1 fully saturated rings. The number of benzene rings is 1. The number of hydrogen-bond donors (Lipinski definition) is 1. The molecule has 0 spiro atoms. The maximum absolute atomic E-state index is 12.2. The van der Waals surface area contributed by atoms with E-state index in [4.69, 9.17) is 27.9 Å². The normalized spacial score (nSPS) is 17.1. The predicted molar refractivity (Wildman–Crippen MR) is 80.2 cm³/mol. The zero-order chi connectivity index (χ0) is 14.5. The van der Waals surface area contributed by atoms with Gasteiger partial charge in [0.25, 0.3) is 0 Å². The number of morpholine rings is 1. The summed E-state index contributed by atoms with van der Waals surface area (Å²) in [7, 11) is 0. The molecule has 1 aromatic rings. The third-order valence-corrected chi connectivity index (χ3v) is 4.03. The van der Waals surface area contributed by atoms with Gasteiger partial charge in [0.1, 0.15) is 0 Å². The molecule has 1 amide bonds.